The van der Waals surface area contributed by atoms with Gasteiger partial charge in [-0.2, -0.15) is 0 Å². The van der Waals surface area contributed by atoms with Crippen molar-refractivity contribution in [1.29, 1.82) is 0 Å². The summed E-state index contributed by atoms with van der Waals surface area (Å²) in [5.41, 5.74) is 1.12. The predicted octanol–water partition coefficient (Wildman–Crippen LogP) is 5.52. The Morgan fingerprint density at radius 3 is 2.12 bits per heavy atom. The number of ether oxygens (including phenoxy) is 1. The Hall–Kier alpha value is 0.397. The molecule has 0 fully saturated rings. The average Bonchev–Trinajstić information content (AvgIpc) is 2.18. The average molecular weight is 321 g/mol. The summed E-state index contributed by atoms with van der Waals surface area (Å²) in [6.45, 7) is 11.2. The van der Waals surface area contributed by atoms with Crippen molar-refractivity contribution < 1.29 is 4.74 Å². The molecule has 102 valence electrons. The van der Waals surface area contributed by atoms with E-state index >= 15 is 0 Å². The Morgan fingerprint density at radius 1 is 1.06 bits per heavy atom. The zero-order valence-electron chi connectivity index (χ0n) is 11.9. The highest BCUT2D eigenvalue weighted by molar-refractivity contribution is 9.26. The van der Waals surface area contributed by atoms with E-state index in [2.05, 4.69) is 35.0 Å². The van der Waals surface area contributed by atoms with E-state index in [1.165, 1.54) is 44.6 Å². The molecular formula is C14H29BrOSi. The van der Waals surface area contributed by atoms with Crippen LogP contribution in [0.4, 0.5) is 0 Å². The molecule has 0 radical (unpaired) electrons. The van der Waals surface area contributed by atoms with Gasteiger partial charge >= 0.3 is 0 Å². The first-order valence-corrected chi connectivity index (χ1v) is 12.3. The lowest BCUT2D eigenvalue weighted by molar-refractivity contribution is 0.151. The maximum absolute atomic E-state index is 5.47. The maximum atomic E-state index is 5.47. The van der Waals surface area contributed by atoms with Crippen molar-refractivity contribution in [1.82, 2.24) is 0 Å². The third-order valence-corrected chi connectivity index (χ3v) is 5.39. The molecule has 0 N–H and O–H groups in total. The van der Waals surface area contributed by atoms with Crippen LogP contribution >= 0.6 is 15.3 Å². The fourth-order valence-electron chi connectivity index (χ4n) is 1.70. The molecule has 1 nitrogen and oxygen atoms in total. The Labute approximate surface area is 117 Å². The highest BCUT2D eigenvalue weighted by atomic mass is 79.9. The van der Waals surface area contributed by atoms with Crippen LogP contribution in [0.1, 0.15) is 45.4 Å². The van der Waals surface area contributed by atoms with Crippen molar-refractivity contribution in [2.45, 2.75) is 64.6 Å². The van der Waals surface area contributed by atoms with E-state index < -0.39 is 6.69 Å². The van der Waals surface area contributed by atoms with Crippen molar-refractivity contribution in [3.63, 3.8) is 0 Å². The van der Waals surface area contributed by atoms with Crippen LogP contribution in [0.15, 0.2) is 12.2 Å². The molecule has 0 heterocycles. The van der Waals surface area contributed by atoms with Gasteiger partial charge in [-0.05, 0) is 19.4 Å². The van der Waals surface area contributed by atoms with Crippen LogP contribution in [0.2, 0.25) is 19.1 Å². The van der Waals surface area contributed by atoms with Gasteiger partial charge in [0.25, 0.3) is 0 Å². The van der Waals surface area contributed by atoms with E-state index in [1.807, 2.05) is 6.92 Å². The summed E-state index contributed by atoms with van der Waals surface area (Å²) in [6.07, 6.45) is 8.06. The van der Waals surface area contributed by atoms with Crippen LogP contribution in [-0.4, -0.2) is 19.9 Å². The standard InChI is InChI=1S/C14H29BrOSi/c1-14(2)13-16-11-9-7-5-6-8-10-12-17(3,4)15/h1,5-13H2,2-4H3. The van der Waals surface area contributed by atoms with E-state index in [-0.39, 0.29) is 0 Å². The van der Waals surface area contributed by atoms with Crippen LogP contribution in [0, 0.1) is 0 Å². The van der Waals surface area contributed by atoms with Gasteiger partial charge in [-0.25, -0.2) is 0 Å². The Morgan fingerprint density at radius 2 is 1.59 bits per heavy atom. The molecule has 0 atom stereocenters. The minimum absolute atomic E-state index is 0.727. The second-order valence-corrected chi connectivity index (χ2v) is 16.0. The fourth-order valence-corrected chi connectivity index (χ4v) is 3.63. The molecular weight excluding hydrogens is 292 g/mol. The van der Waals surface area contributed by atoms with Gasteiger partial charge in [-0.15, -0.1) is 15.3 Å². The van der Waals surface area contributed by atoms with Gasteiger partial charge < -0.3 is 4.74 Å². The number of hydrogen-bond acceptors (Lipinski definition) is 1. The maximum Gasteiger partial charge on any atom is 0.124 e. The summed E-state index contributed by atoms with van der Waals surface area (Å²) in [5.74, 6) is 0. The molecule has 0 rings (SSSR count). The lowest BCUT2D eigenvalue weighted by Crippen LogP contribution is -2.13. The molecule has 0 amide bonds. The second kappa shape index (κ2) is 10.3. The van der Waals surface area contributed by atoms with Gasteiger partial charge in [0.05, 0.1) is 6.61 Å². The van der Waals surface area contributed by atoms with Crippen LogP contribution in [0.3, 0.4) is 0 Å². The Kier molecular flexibility index (Phi) is 10.6. The molecule has 3 heteroatoms. The van der Waals surface area contributed by atoms with Gasteiger partial charge in [-0.1, -0.05) is 57.4 Å². The van der Waals surface area contributed by atoms with Crippen molar-refractivity contribution in [2.75, 3.05) is 13.2 Å². The van der Waals surface area contributed by atoms with Gasteiger partial charge in [0.2, 0.25) is 0 Å². The summed E-state index contributed by atoms with van der Waals surface area (Å²) in [4.78, 5) is 0. The third-order valence-electron chi connectivity index (χ3n) is 2.66. The van der Waals surface area contributed by atoms with Crippen LogP contribution in [0.5, 0.6) is 0 Å². The summed E-state index contributed by atoms with van der Waals surface area (Å²) in [5, 5.41) is 0. The van der Waals surface area contributed by atoms with Crippen molar-refractivity contribution in [2.24, 2.45) is 0 Å². The van der Waals surface area contributed by atoms with Gasteiger partial charge in [0.1, 0.15) is 6.69 Å². The first-order valence-electron chi connectivity index (χ1n) is 6.83. The van der Waals surface area contributed by atoms with Crippen LogP contribution in [-0.2, 0) is 4.74 Å². The van der Waals surface area contributed by atoms with Crippen LogP contribution < -0.4 is 0 Å². The molecule has 0 aromatic carbocycles. The molecule has 0 spiro atoms. The number of unbranched alkanes of at least 4 members (excludes halogenated alkanes) is 5. The number of halogens is 1. The zero-order valence-corrected chi connectivity index (χ0v) is 14.4. The summed E-state index contributed by atoms with van der Waals surface area (Å²) < 4.78 is 5.47. The number of rotatable bonds is 11. The summed E-state index contributed by atoms with van der Waals surface area (Å²) >= 11 is 3.82. The van der Waals surface area contributed by atoms with E-state index in [9.17, 15) is 0 Å². The minimum atomic E-state index is -0.970. The normalized spacial score (nSPS) is 11.8. The second-order valence-electron chi connectivity index (χ2n) is 5.60. The van der Waals surface area contributed by atoms with E-state index in [0.29, 0.717) is 0 Å². The Balaban J connectivity index is 3.06. The van der Waals surface area contributed by atoms with Gasteiger partial charge in [0, 0.05) is 6.61 Å². The SMILES string of the molecule is C=C(C)COCCCCCCCC[Si](C)(C)Br. The molecule has 0 saturated heterocycles. The molecule has 0 unspecified atom stereocenters. The van der Waals surface area contributed by atoms with E-state index in [1.54, 1.807) is 0 Å². The summed E-state index contributed by atoms with van der Waals surface area (Å²) in [6, 6.07) is 1.41. The monoisotopic (exact) mass is 320 g/mol. The molecule has 0 aromatic rings. The van der Waals surface area contributed by atoms with Gasteiger partial charge in [0.15, 0.2) is 0 Å². The molecule has 0 aromatic heterocycles. The topological polar surface area (TPSA) is 9.23 Å². The lowest BCUT2D eigenvalue weighted by atomic mass is 10.1. The van der Waals surface area contributed by atoms with Crippen molar-refractivity contribution >= 4 is 22.0 Å². The number of hydrogen-bond donors (Lipinski definition) is 0. The van der Waals surface area contributed by atoms with Crippen molar-refractivity contribution in [3.05, 3.63) is 12.2 Å². The first-order chi connectivity index (χ1) is 7.92. The predicted molar refractivity (Wildman–Crippen MR) is 84.6 cm³/mol. The van der Waals surface area contributed by atoms with Crippen molar-refractivity contribution in [3.8, 4) is 0 Å². The Bertz CT molecular complexity index is 199. The lowest BCUT2D eigenvalue weighted by Gasteiger charge is -2.12. The largest absolute Gasteiger partial charge is 0.377 e. The highest BCUT2D eigenvalue weighted by Gasteiger charge is 2.14. The van der Waals surface area contributed by atoms with Crippen LogP contribution in [0.25, 0.3) is 0 Å². The summed E-state index contributed by atoms with van der Waals surface area (Å²) in [7, 11) is 0. The van der Waals surface area contributed by atoms with E-state index in [4.69, 9.17) is 4.74 Å². The smallest absolute Gasteiger partial charge is 0.124 e. The third kappa shape index (κ3) is 16.4. The highest BCUT2D eigenvalue weighted by Crippen LogP contribution is 2.21. The molecule has 0 aliphatic heterocycles. The quantitative estimate of drug-likeness (QED) is 0.211. The molecule has 17 heavy (non-hydrogen) atoms. The molecule has 0 bridgehead atoms. The van der Waals surface area contributed by atoms with Gasteiger partial charge in [-0.3, -0.25) is 0 Å². The first kappa shape index (κ1) is 17.4. The molecule has 0 aliphatic carbocycles. The molecule has 0 saturated carbocycles. The molecule has 0 aliphatic rings. The zero-order chi connectivity index (χ0) is 13.1. The van der Waals surface area contributed by atoms with E-state index in [0.717, 1.165) is 18.8 Å². The minimum Gasteiger partial charge on any atom is -0.377 e. The fraction of sp³-hybridized carbons (Fsp3) is 0.857.